The zero-order chi connectivity index (χ0) is 9.80. The van der Waals surface area contributed by atoms with Crippen LogP contribution in [0.1, 0.15) is 31.4 Å². The lowest BCUT2D eigenvalue weighted by Gasteiger charge is -2.20. The van der Waals surface area contributed by atoms with Gasteiger partial charge in [-0.05, 0) is 38.3 Å². The molecule has 3 heteroatoms. The number of hydrogen-bond acceptors (Lipinski definition) is 3. The Morgan fingerprint density at radius 1 is 1.50 bits per heavy atom. The van der Waals surface area contributed by atoms with Crippen LogP contribution in [0.4, 0.5) is 0 Å². The van der Waals surface area contributed by atoms with Crippen molar-refractivity contribution in [3.8, 4) is 0 Å². The van der Waals surface area contributed by atoms with E-state index < -0.39 is 0 Å². The molecule has 1 saturated heterocycles. The standard InChI is InChI=1S/C11H18N2O/c1-2-10-8-14-11(13-10)7-9-3-5-12-6-4-9/h8-9,12H,2-7H2,1H3. The Labute approximate surface area is 84.9 Å². The van der Waals surface area contributed by atoms with Crippen LogP contribution in [0.2, 0.25) is 0 Å². The fourth-order valence-corrected chi connectivity index (χ4v) is 1.94. The first-order valence-corrected chi connectivity index (χ1v) is 5.52. The van der Waals surface area contributed by atoms with E-state index in [2.05, 4.69) is 17.2 Å². The predicted molar refractivity (Wildman–Crippen MR) is 55.2 cm³/mol. The van der Waals surface area contributed by atoms with Gasteiger partial charge in [0, 0.05) is 6.42 Å². The van der Waals surface area contributed by atoms with Gasteiger partial charge < -0.3 is 9.73 Å². The van der Waals surface area contributed by atoms with Gasteiger partial charge in [0.2, 0.25) is 0 Å². The largest absolute Gasteiger partial charge is 0.449 e. The molecule has 0 bridgehead atoms. The van der Waals surface area contributed by atoms with E-state index in [9.17, 15) is 0 Å². The zero-order valence-electron chi connectivity index (χ0n) is 8.75. The lowest BCUT2D eigenvalue weighted by atomic mass is 9.95. The summed E-state index contributed by atoms with van der Waals surface area (Å²) in [7, 11) is 0. The highest BCUT2D eigenvalue weighted by Crippen LogP contribution is 2.17. The first kappa shape index (κ1) is 9.71. The summed E-state index contributed by atoms with van der Waals surface area (Å²) in [5.74, 6) is 1.69. The van der Waals surface area contributed by atoms with Crippen molar-refractivity contribution in [1.29, 1.82) is 0 Å². The van der Waals surface area contributed by atoms with E-state index in [1.807, 2.05) is 0 Å². The maximum absolute atomic E-state index is 5.43. The number of hydrogen-bond donors (Lipinski definition) is 1. The van der Waals surface area contributed by atoms with Crippen LogP contribution >= 0.6 is 0 Å². The summed E-state index contributed by atoms with van der Waals surface area (Å²) in [4.78, 5) is 4.44. The molecule has 0 aliphatic carbocycles. The van der Waals surface area contributed by atoms with E-state index in [-0.39, 0.29) is 0 Å². The first-order chi connectivity index (χ1) is 6.88. The lowest BCUT2D eigenvalue weighted by Crippen LogP contribution is -2.28. The third-order valence-electron chi connectivity index (χ3n) is 2.88. The van der Waals surface area contributed by atoms with E-state index >= 15 is 0 Å². The highest BCUT2D eigenvalue weighted by Gasteiger charge is 2.15. The summed E-state index contributed by atoms with van der Waals surface area (Å²) >= 11 is 0. The van der Waals surface area contributed by atoms with Crippen LogP contribution in [-0.4, -0.2) is 18.1 Å². The van der Waals surface area contributed by atoms with Gasteiger partial charge in [-0.25, -0.2) is 4.98 Å². The molecule has 3 nitrogen and oxygen atoms in total. The highest BCUT2D eigenvalue weighted by atomic mass is 16.3. The Bertz CT molecular complexity index is 277. The number of rotatable bonds is 3. The number of oxazole rings is 1. The summed E-state index contributed by atoms with van der Waals surface area (Å²) in [5, 5.41) is 3.37. The molecule has 78 valence electrons. The van der Waals surface area contributed by atoms with Crippen molar-refractivity contribution in [1.82, 2.24) is 10.3 Å². The summed E-state index contributed by atoms with van der Waals surface area (Å²) in [6.07, 6.45) is 6.28. The van der Waals surface area contributed by atoms with Gasteiger partial charge in [0.1, 0.15) is 6.26 Å². The van der Waals surface area contributed by atoms with Crippen LogP contribution in [0, 0.1) is 5.92 Å². The lowest BCUT2D eigenvalue weighted by molar-refractivity contribution is 0.341. The molecule has 0 spiro atoms. The molecule has 2 heterocycles. The molecule has 1 aromatic rings. The molecular formula is C11H18N2O. The van der Waals surface area contributed by atoms with Crippen molar-refractivity contribution in [2.75, 3.05) is 13.1 Å². The second kappa shape index (κ2) is 4.60. The third-order valence-corrected chi connectivity index (χ3v) is 2.88. The second-order valence-electron chi connectivity index (χ2n) is 3.98. The van der Waals surface area contributed by atoms with Crippen molar-refractivity contribution in [2.45, 2.75) is 32.6 Å². The van der Waals surface area contributed by atoms with Crippen LogP contribution in [0.25, 0.3) is 0 Å². The number of nitrogens with zero attached hydrogens (tertiary/aromatic N) is 1. The highest BCUT2D eigenvalue weighted by molar-refractivity contribution is 4.96. The average Bonchev–Trinajstić information content (AvgIpc) is 2.67. The first-order valence-electron chi connectivity index (χ1n) is 5.52. The van der Waals surface area contributed by atoms with Gasteiger partial charge in [-0.2, -0.15) is 0 Å². The van der Waals surface area contributed by atoms with Crippen LogP contribution < -0.4 is 5.32 Å². The average molecular weight is 194 g/mol. The van der Waals surface area contributed by atoms with Gasteiger partial charge in [-0.15, -0.1) is 0 Å². The minimum absolute atomic E-state index is 0.764. The minimum Gasteiger partial charge on any atom is -0.449 e. The van der Waals surface area contributed by atoms with E-state index in [0.29, 0.717) is 0 Å². The summed E-state index contributed by atoms with van der Waals surface area (Å²) < 4.78 is 5.43. The van der Waals surface area contributed by atoms with Gasteiger partial charge in [0.05, 0.1) is 5.69 Å². The van der Waals surface area contributed by atoms with Gasteiger partial charge in [0.25, 0.3) is 0 Å². The normalized spacial score (nSPS) is 18.6. The topological polar surface area (TPSA) is 38.1 Å². The second-order valence-corrected chi connectivity index (χ2v) is 3.98. The Hall–Kier alpha value is -0.830. The molecule has 0 atom stereocenters. The van der Waals surface area contributed by atoms with Gasteiger partial charge in [-0.1, -0.05) is 6.92 Å². The maximum atomic E-state index is 5.43. The van der Waals surface area contributed by atoms with Crippen molar-refractivity contribution in [2.24, 2.45) is 5.92 Å². The quantitative estimate of drug-likeness (QED) is 0.797. The van der Waals surface area contributed by atoms with Crippen LogP contribution in [0.3, 0.4) is 0 Å². The number of nitrogens with one attached hydrogen (secondary N) is 1. The Morgan fingerprint density at radius 3 is 2.93 bits per heavy atom. The maximum Gasteiger partial charge on any atom is 0.194 e. The molecule has 1 aliphatic heterocycles. The number of piperidine rings is 1. The minimum atomic E-state index is 0.764. The zero-order valence-corrected chi connectivity index (χ0v) is 8.75. The van der Waals surface area contributed by atoms with Crippen molar-refractivity contribution in [3.63, 3.8) is 0 Å². The van der Waals surface area contributed by atoms with Crippen LogP contribution in [0.15, 0.2) is 10.7 Å². The molecule has 0 aromatic carbocycles. The summed E-state index contributed by atoms with van der Waals surface area (Å²) in [6.45, 7) is 4.39. The Balaban J connectivity index is 1.89. The summed E-state index contributed by atoms with van der Waals surface area (Å²) in [5.41, 5.74) is 1.08. The fraction of sp³-hybridized carbons (Fsp3) is 0.727. The van der Waals surface area contributed by atoms with Gasteiger partial charge in [0.15, 0.2) is 5.89 Å². The van der Waals surface area contributed by atoms with Crippen molar-refractivity contribution >= 4 is 0 Å². The van der Waals surface area contributed by atoms with Crippen LogP contribution in [0.5, 0.6) is 0 Å². The fourth-order valence-electron chi connectivity index (χ4n) is 1.94. The molecule has 0 unspecified atom stereocenters. The van der Waals surface area contributed by atoms with E-state index in [1.165, 1.54) is 12.8 Å². The Kier molecular flexibility index (Phi) is 3.19. The monoisotopic (exact) mass is 194 g/mol. The molecule has 1 N–H and O–H groups in total. The predicted octanol–water partition coefficient (Wildman–Crippen LogP) is 1.78. The molecule has 1 fully saturated rings. The van der Waals surface area contributed by atoms with Gasteiger partial charge in [-0.3, -0.25) is 0 Å². The van der Waals surface area contributed by atoms with E-state index in [1.54, 1.807) is 6.26 Å². The van der Waals surface area contributed by atoms with Crippen molar-refractivity contribution in [3.05, 3.63) is 17.8 Å². The SMILES string of the molecule is CCc1coc(CC2CCNCC2)n1. The number of aromatic nitrogens is 1. The molecule has 1 aromatic heterocycles. The van der Waals surface area contributed by atoms with E-state index in [0.717, 1.165) is 43.4 Å². The van der Waals surface area contributed by atoms with Crippen LogP contribution in [-0.2, 0) is 12.8 Å². The number of aryl methyl sites for hydroxylation is 1. The third kappa shape index (κ3) is 2.35. The molecule has 0 saturated carbocycles. The molecular weight excluding hydrogens is 176 g/mol. The summed E-state index contributed by atoms with van der Waals surface area (Å²) in [6, 6.07) is 0. The molecule has 1 aliphatic rings. The van der Waals surface area contributed by atoms with E-state index in [4.69, 9.17) is 4.42 Å². The van der Waals surface area contributed by atoms with Crippen molar-refractivity contribution < 1.29 is 4.42 Å². The molecule has 2 rings (SSSR count). The molecule has 0 radical (unpaired) electrons. The smallest absolute Gasteiger partial charge is 0.194 e. The van der Waals surface area contributed by atoms with Gasteiger partial charge >= 0.3 is 0 Å². The Morgan fingerprint density at radius 2 is 2.29 bits per heavy atom. The molecule has 14 heavy (non-hydrogen) atoms. The molecule has 0 amide bonds.